The van der Waals surface area contributed by atoms with E-state index in [-0.39, 0.29) is 6.10 Å². The second-order valence-electron chi connectivity index (χ2n) is 4.44. The third-order valence-corrected chi connectivity index (χ3v) is 4.63. The number of nitro benzene ring substituents is 1. The smallest absolute Gasteiger partial charge is 0.324 e. The van der Waals surface area contributed by atoms with Crippen molar-refractivity contribution in [3.63, 3.8) is 0 Å². The molecular weight excluding hydrogens is 291 g/mol. The predicted molar refractivity (Wildman–Crippen MR) is 67.2 cm³/mol. The van der Waals surface area contributed by atoms with Crippen molar-refractivity contribution >= 4 is 15.7 Å². The number of para-hydroxylation sites is 1. The molecule has 2 unspecified atom stereocenters. The fourth-order valence-electron chi connectivity index (χ4n) is 2.04. The SMILES string of the molecule is CC1OCCC1NS(=O)(=O)c1cccc(F)c1[N+](=O)[O-]. The van der Waals surface area contributed by atoms with Crippen LogP contribution in [0.3, 0.4) is 0 Å². The molecule has 2 atom stereocenters. The summed E-state index contributed by atoms with van der Waals surface area (Å²) in [6.07, 6.45) is 0.126. The second kappa shape index (κ2) is 5.43. The third-order valence-electron chi connectivity index (χ3n) is 3.10. The maximum atomic E-state index is 13.5. The number of benzene rings is 1. The fourth-order valence-corrected chi connectivity index (χ4v) is 3.56. The van der Waals surface area contributed by atoms with Crippen molar-refractivity contribution in [3.05, 3.63) is 34.1 Å². The minimum Gasteiger partial charge on any atom is -0.377 e. The third kappa shape index (κ3) is 2.79. The highest BCUT2D eigenvalue weighted by molar-refractivity contribution is 7.89. The molecule has 1 N–H and O–H groups in total. The maximum Gasteiger partial charge on any atom is 0.324 e. The molecule has 7 nitrogen and oxygen atoms in total. The van der Waals surface area contributed by atoms with Gasteiger partial charge in [0.15, 0.2) is 4.90 Å². The summed E-state index contributed by atoms with van der Waals surface area (Å²) in [5.41, 5.74) is -1.05. The van der Waals surface area contributed by atoms with Crippen molar-refractivity contribution in [3.8, 4) is 0 Å². The molecule has 0 spiro atoms. The van der Waals surface area contributed by atoms with Gasteiger partial charge in [-0.15, -0.1) is 0 Å². The standard InChI is InChI=1S/C11H13FN2O5S/c1-7-9(5-6-19-7)13-20(17,18)10-4-2-3-8(12)11(10)14(15)16/h2-4,7,9,13H,5-6H2,1H3. The van der Waals surface area contributed by atoms with Gasteiger partial charge >= 0.3 is 5.69 Å². The first-order chi connectivity index (χ1) is 9.33. The van der Waals surface area contributed by atoms with Gasteiger partial charge < -0.3 is 4.74 Å². The van der Waals surface area contributed by atoms with E-state index in [4.69, 9.17) is 4.74 Å². The number of rotatable bonds is 4. The molecule has 1 heterocycles. The number of sulfonamides is 1. The summed E-state index contributed by atoms with van der Waals surface area (Å²) in [6, 6.07) is 2.48. The van der Waals surface area contributed by atoms with E-state index < -0.39 is 37.4 Å². The highest BCUT2D eigenvalue weighted by atomic mass is 32.2. The van der Waals surface area contributed by atoms with Gasteiger partial charge in [-0.1, -0.05) is 6.07 Å². The molecule has 110 valence electrons. The number of hydrogen-bond donors (Lipinski definition) is 1. The van der Waals surface area contributed by atoms with Crippen LogP contribution in [-0.2, 0) is 14.8 Å². The van der Waals surface area contributed by atoms with Crippen LogP contribution in [0.15, 0.2) is 23.1 Å². The molecule has 1 saturated heterocycles. The average Bonchev–Trinajstić information content (AvgIpc) is 2.73. The first-order valence-electron chi connectivity index (χ1n) is 5.90. The minimum absolute atomic E-state index is 0.336. The molecule has 20 heavy (non-hydrogen) atoms. The predicted octanol–water partition coefficient (Wildman–Crippen LogP) is 1.19. The van der Waals surface area contributed by atoms with Crippen LogP contribution in [0, 0.1) is 15.9 Å². The lowest BCUT2D eigenvalue weighted by Gasteiger charge is -2.16. The van der Waals surface area contributed by atoms with E-state index in [0.717, 1.165) is 18.2 Å². The number of nitro groups is 1. The topological polar surface area (TPSA) is 98.5 Å². The van der Waals surface area contributed by atoms with Crippen LogP contribution in [0.1, 0.15) is 13.3 Å². The Morgan fingerprint density at radius 2 is 2.20 bits per heavy atom. The fraction of sp³-hybridized carbons (Fsp3) is 0.455. The molecule has 1 aliphatic heterocycles. The lowest BCUT2D eigenvalue weighted by Crippen LogP contribution is -2.39. The van der Waals surface area contributed by atoms with Gasteiger partial charge in [-0.3, -0.25) is 10.1 Å². The molecule has 1 aliphatic rings. The Labute approximate surface area is 114 Å². The molecule has 0 radical (unpaired) electrons. The normalized spacial score (nSPS) is 22.9. The summed E-state index contributed by atoms with van der Waals surface area (Å²) < 4.78 is 45.3. The Hall–Kier alpha value is -1.58. The summed E-state index contributed by atoms with van der Waals surface area (Å²) in [5.74, 6) is -1.19. The Morgan fingerprint density at radius 3 is 2.75 bits per heavy atom. The van der Waals surface area contributed by atoms with Gasteiger partial charge in [0.2, 0.25) is 15.8 Å². The van der Waals surface area contributed by atoms with Crippen LogP contribution in [0.2, 0.25) is 0 Å². The molecule has 1 fully saturated rings. The van der Waals surface area contributed by atoms with E-state index in [2.05, 4.69) is 4.72 Å². The van der Waals surface area contributed by atoms with Crippen LogP contribution in [0.4, 0.5) is 10.1 Å². The zero-order chi connectivity index (χ0) is 14.9. The molecule has 0 amide bonds. The van der Waals surface area contributed by atoms with E-state index in [1.165, 1.54) is 0 Å². The minimum atomic E-state index is -4.19. The van der Waals surface area contributed by atoms with Crippen molar-refractivity contribution in [2.24, 2.45) is 0 Å². The quantitative estimate of drug-likeness (QED) is 0.665. The second-order valence-corrected chi connectivity index (χ2v) is 6.12. The van der Waals surface area contributed by atoms with Crippen LogP contribution >= 0.6 is 0 Å². The lowest BCUT2D eigenvalue weighted by atomic mass is 10.2. The number of ether oxygens (including phenoxy) is 1. The Morgan fingerprint density at radius 1 is 1.50 bits per heavy atom. The van der Waals surface area contributed by atoms with Gasteiger partial charge in [0.25, 0.3) is 0 Å². The van der Waals surface area contributed by atoms with Crippen LogP contribution in [-0.4, -0.2) is 32.1 Å². The van der Waals surface area contributed by atoms with Gasteiger partial charge in [0, 0.05) is 6.61 Å². The summed E-state index contributed by atoms with van der Waals surface area (Å²) >= 11 is 0. The van der Waals surface area contributed by atoms with E-state index in [1.54, 1.807) is 6.92 Å². The molecule has 0 aromatic heterocycles. The molecule has 2 rings (SSSR count). The molecular formula is C11H13FN2O5S. The molecule has 0 aliphatic carbocycles. The molecule has 0 saturated carbocycles. The summed E-state index contributed by atoms with van der Waals surface area (Å²) in [7, 11) is -4.19. The Bertz CT molecular complexity index is 634. The molecule has 9 heteroatoms. The van der Waals surface area contributed by atoms with Crippen LogP contribution in [0.5, 0.6) is 0 Å². The maximum absolute atomic E-state index is 13.5. The first-order valence-corrected chi connectivity index (χ1v) is 7.38. The largest absolute Gasteiger partial charge is 0.377 e. The van der Waals surface area contributed by atoms with Gasteiger partial charge in [-0.05, 0) is 25.5 Å². The molecule has 1 aromatic carbocycles. The van der Waals surface area contributed by atoms with Gasteiger partial charge in [-0.2, -0.15) is 4.39 Å². The van der Waals surface area contributed by atoms with E-state index in [9.17, 15) is 22.9 Å². The van der Waals surface area contributed by atoms with Crippen LogP contribution < -0.4 is 4.72 Å². The molecule has 0 bridgehead atoms. The van der Waals surface area contributed by atoms with Crippen molar-refractivity contribution in [2.45, 2.75) is 30.4 Å². The number of hydrogen-bond acceptors (Lipinski definition) is 5. The van der Waals surface area contributed by atoms with Gasteiger partial charge in [0.1, 0.15) is 0 Å². The highest BCUT2D eigenvalue weighted by Crippen LogP contribution is 2.27. The molecule has 1 aromatic rings. The highest BCUT2D eigenvalue weighted by Gasteiger charge is 2.34. The van der Waals surface area contributed by atoms with Crippen molar-refractivity contribution in [1.29, 1.82) is 0 Å². The van der Waals surface area contributed by atoms with Gasteiger partial charge in [0.05, 0.1) is 17.1 Å². The Kier molecular flexibility index (Phi) is 4.02. The zero-order valence-corrected chi connectivity index (χ0v) is 11.4. The monoisotopic (exact) mass is 304 g/mol. The summed E-state index contributed by atoms with van der Waals surface area (Å²) in [5, 5.41) is 10.8. The van der Waals surface area contributed by atoms with E-state index in [0.29, 0.717) is 13.0 Å². The summed E-state index contributed by atoms with van der Waals surface area (Å²) in [6.45, 7) is 2.10. The zero-order valence-electron chi connectivity index (χ0n) is 10.6. The number of nitrogens with one attached hydrogen (secondary N) is 1. The number of halogens is 1. The summed E-state index contributed by atoms with van der Waals surface area (Å²) in [4.78, 5) is 9.12. The van der Waals surface area contributed by atoms with Crippen molar-refractivity contribution in [1.82, 2.24) is 4.72 Å². The van der Waals surface area contributed by atoms with Crippen molar-refractivity contribution < 1.29 is 22.5 Å². The average molecular weight is 304 g/mol. The lowest BCUT2D eigenvalue weighted by molar-refractivity contribution is -0.390. The van der Waals surface area contributed by atoms with Gasteiger partial charge in [-0.25, -0.2) is 13.1 Å². The van der Waals surface area contributed by atoms with E-state index in [1.807, 2.05) is 0 Å². The van der Waals surface area contributed by atoms with E-state index >= 15 is 0 Å². The van der Waals surface area contributed by atoms with Crippen LogP contribution in [0.25, 0.3) is 0 Å². The first kappa shape index (κ1) is 14.8. The number of nitrogens with zero attached hydrogens (tertiary/aromatic N) is 1. The Balaban J connectivity index is 2.39. The van der Waals surface area contributed by atoms with Crippen molar-refractivity contribution in [2.75, 3.05) is 6.61 Å².